The Kier molecular flexibility index (Phi) is 5.68. The van der Waals surface area contributed by atoms with Gasteiger partial charge in [0.15, 0.2) is 5.78 Å². The number of aryl methyl sites for hydroxylation is 2. The van der Waals surface area contributed by atoms with Crippen molar-refractivity contribution in [1.29, 1.82) is 5.26 Å². The van der Waals surface area contributed by atoms with Gasteiger partial charge in [0.05, 0.1) is 22.9 Å². The summed E-state index contributed by atoms with van der Waals surface area (Å²) in [6.07, 6.45) is 0.897. The molecule has 0 saturated heterocycles. The summed E-state index contributed by atoms with van der Waals surface area (Å²) >= 11 is 0. The molecule has 7 nitrogen and oxygen atoms in total. The third kappa shape index (κ3) is 4.05. The van der Waals surface area contributed by atoms with Crippen LogP contribution in [0.5, 0.6) is 11.6 Å². The number of nitrogens with zero attached hydrogens (tertiary/aromatic N) is 3. The fraction of sp³-hybridized carbons (Fsp3) is 0.276. The molecule has 182 valence electrons. The summed E-state index contributed by atoms with van der Waals surface area (Å²) in [5.74, 6) is 0.789. The number of rotatable bonds is 4. The van der Waals surface area contributed by atoms with Gasteiger partial charge >= 0.3 is 0 Å². The number of benzene rings is 2. The molecule has 0 bridgehead atoms. The topological polar surface area (TPSA) is 103 Å². The highest BCUT2D eigenvalue weighted by atomic mass is 16.5. The zero-order chi connectivity index (χ0) is 25.6. The number of aromatic nitrogens is 2. The molecule has 1 atom stereocenters. The van der Waals surface area contributed by atoms with Crippen LogP contribution >= 0.6 is 0 Å². The summed E-state index contributed by atoms with van der Waals surface area (Å²) < 4.78 is 14.1. The van der Waals surface area contributed by atoms with Gasteiger partial charge in [0.1, 0.15) is 23.2 Å². The third-order valence-electron chi connectivity index (χ3n) is 6.66. The number of para-hydroxylation sites is 1. The summed E-state index contributed by atoms with van der Waals surface area (Å²) in [5.41, 5.74) is 9.81. The molecule has 0 amide bonds. The summed E-state index contributed by atoms with van der Waals surface area (Å²) in [5, 5.41) is 14.9. The number of allylic oxidation sites excluding steroid dienone is 3. The lowest BCUT2D eigenvalue weighted by molar-refractivity contribution is -0.119. The first-order valence-electron chi connectivity index (χ1n) is 11.9. The van der Waals surface area contributed by atoms with E-state index in [9.17, 15) is 10.1 Å². The lowest BCUT2D eigenvalue weighted by Crippen LogP contribution is -2.33. The van der Waals surface area contributed by atoms with E-state index >= 15 is 0 Å². The molecule has 5 rings (SSSR count). The summed E-state index contributed by atoms with van der Waals surface area (Å²) in [6, 6.07) is 19.5. The SMILES string of the molecule is Cc1ccc(Oc2c(C3C(C#N)=C(N)OC4=C3C(=O)CC(C)(C)C4)c(C)nn2-c2ccccc2)cc1. The Labute approximate surface area is 210 Å². The normalized spacial score (nSPS) is 19.0. The van der Waals surface area contributed by atoms with Crippen molar-refractivity contribution in [1.82, 2.24) is 9.78 Å². The molecule has 2 N–H and O–H groups in total. The number of carbonyl (C=O) groups is 1. The molecular weight excluding hydrogens is 452 g/mol. The van der Waals surface area contributed by atoms with Crippen LogP contribution in [0.3, 0.4) is 0 Å². The second kappa shape index (κ2) is 8.72. The molecule has 36 heavy (non-hydrogen) atoms. The number of ether oxygens (including phenoxy) is 2. The summed E-state index contributed by atoms with van der Waals surface area (Å²) in [4.78, 5) is 13.5. The van der Waals surface area contributed by atoms with E-state index in [1.807, 2.05) is 82.3 Å². The van der Waals surface area contributed by atoms with Gasteiger partial charge in [-0.25, -0.2) is 4.68 Å². The Morgan fingerprint density at radius 1 is 1.11 bits per heavy atom. The summed E-state index contributed by atoms with van der Waals surface area (Å²) in [7, 11) is 0. The van der Waals surface area contributed by atoms with E-state index in [2.05, 4.69) is 6.07 Å². The van der Waals surface area contributed by atoms with Gasteiger partial charge in [-0.2, -0.15) is 10.4 Å². The van der Waals surface area contributed by atoms with Gasteiger partial charge in [-0.15, -0.1) is 0 Å². The number of carbonyl (C=O) groups excluding carboxylic acids is 1. The number of nitrogens with two attached hydrogens (primary N) is 1. The predicted octanol–water partition coefficient (Wildman–Crippen LogP) is 5.73. The maximum Gasteiger partial charge on any atom is 0.227 e. The van der Waals surface area contributed by atoms with Gasteiger partial charge in [0.25, 0.3) is 0 Å². The molecular formula is C29H28N4O3. The molecule has 0 spiro atoms. The Bertz CT molecular complexity index is 1450. The maximum absolute atomic E-state index is 13.5. The smallest absolute Gasteiger partial charge is 0.227 e. The van der Waals surface area contributed by atoms with Crippen LogP contribution in [0.15, 0.2) is 77.4 Å². The van der Waals surface area contributed by atoms with Crippen LogP contribution < -0.4 is 10.5 Å². The first kappa shape index (κ1) is 23.4. The Morgan fingerprint density at radius 2 is 1.81 bits per heavy atom. The van der Waals surface area contributed by atoms with E-state index in [0.29, 0.717) is 47.1 Å². The molecule has 0 fully saturated rings. The number of hydrogen-bond donors (Lipinski definition) is 1. The largest absolute Gasteiger partial charge is 0.444 e. The van der Waals surface area contributed by atoms with E-state index in [0.717, 1.165) is 11.3 Å². The Balaban J connectivity index is 1.76. The summed E-state index contributed by atoms with van der Waals surface area (Å²) in [6.45, 7) is 7.91. The number of Topliss-reactive ketones (excluding diaryl/α,β-unsaturated/α-hetero) is 1. The highest BCUT2D eigenvalue weighted by molar-refractivity contribution is 6.00. The van der Waals surface area contributed by atoms with Crippen LogP contribution in [0.25, 0.3) is 5.69 Å². The Morgan fingerprint density at radius 3 is 2.47 bits per heavy atom. The third-order valence-corrected chi connectivity index (χ3v) is 6.66. The maximum atomic E-state index is 13.5. The van der Waals surface area contributed by atoms with E-state index in [4.69, 9.17) is 20.3 Å². The quantitative estimate of drug-likeness (QED) is 0.511. The molecule has 0 saturated carbocycles. The van der Waals surface area contributed by atoms with Gasteiger partial charge in [-0.1, -0.05) is 49.7 Å². The highest BCUT2D eigenvalue weighted by Crippen LogP contribution is 2.51. The van der Waals surface area contributed by atoms with Gasteiger partial charge in [0, 0.05) is 18.4 Å². The van der Waals surface area contributed by atoms with Gasteiger partial charge in [0.2, 0.25) is 11.8 Å². The minimum atomic E-state index is -0.736. The van der Waals surface area contributed by atoms with Crippen LogP contribution in [-0.2, 0) is 9.53 Å². The molecule has 7 heteroatoms. The Hall–Kier alpha value is -4.31. The van der Waals surface area contributed by atoms with Crippen LogP contribution in [-0.4, -0.2) is 15.6 Å². The predicted molar refractivity (Wildman–Crippen MR) is 135 cm³/mol. The lowest BCUT2D eigenvalue weighted by Gasteiger charge is -2.37. The average molecular weight is 481 g/mol. The number of ketones is 1. The van der Waals surface area contributed by atoms with Gasteiger partial charge in [-0.3, -0.25) is 4.79 Å². The van der Waals surface area contributed by atoms with E-state index in [1.165, 1.54) is 0 Å². The van der Waals surface area contributed by atoms with E-state index in [-0.39, 0.29) is 22.7 Å². The van der Waals surface area contributed by atoms with Crippen LogP contribution in [0.4, 0.5) is 0 Å². The van der Waals surface area contributed by atoms with Crippen molar-refractivity contribution in [2.24, 2.45) is 11.1 Å². The number of nitriles is 1. The first-order chi connectivity index (χ1) is 17.2. The van der Waals surface area contributed by atoms with Gasteiger partial charge in [-0.05, 0) is 43.5 Å². The second-order valence-corrected chi connectivity index (χ2v) is 10.2. The molecule has 1 aliphatic heterocycles. The molecule has 3 aromatic rings. The fourth-order valence-electron chi connectivity index (χ4n) is 4.98. The van der Waals surface area contributed by atoms with Crippen molar-refractivity contribution < 1.29 is 14.3 Å². The minimum absolute atomic E-state index is 0.0138. The fourth-order valence-corrected chi connectivity index (χ4v) is 4.98. The standard InChI is InChI=1S/C29H28N4O3/c1-17-10-12-20(13-11-17)35-28-24(18(2)32-33(28)19-8-6-5-7-9-19)25-21(16-30)27(31)36-23-15-29(3,4)14-22(34)26(23)25/h5-13,25H,14-15,31H2,1-4H3. The molecule has 2 aliphatic rings. The molecule has 1 unspecified atom stereocenters. The van der Waals surface area contributed by atoms with Crippen molar-refractivity contribution in [3.63, 3.8) is 0 Å². The van der Waals surface area contributed by atoms with Crippen molar-refractivity contribution >= 4 is 5.78 Å². The monoisotopic (exact) mass is 480 g/mol. The van der Waals surface area contributed by atoms with E-state index < -0.39 is 5.92 Å². The molecule has 1 aromatic heterocycles. The minimum Gasteiger partial charge on any atom is -0.444 e. The van der Waals surface area contributed by atoms with Crippen molar-refractivity contribution in [3.05, 3.63) is 94.2 Å². The zero-order valence-corrected chi connectivity index (χ0v) is 20.8. The average Bonchev–Trinajstić information content (AvgIpc) is 3.14. The first-order valence-corrected chi connectivity index (χ1v) is 11.9. The van der Waals surface area contributed by atoms with Gasteiger partial charge < -0.3 is 15.2 Å². The highest BCUT2D eigenvalue weighted by Gasteiger charge is 2.45. The van der Waals surface area contributed by atoms with Crippen molar-refractivity contribution in [2.75, 3.05) is 0 Å². The van der Waals surface area contributed by atoms with E-state index in [1.54, 1.807) is 4.68 Å². The molecule has 2 heterocycles. The van der Waals surface area contributed by atoms with Crippen molar-refractivity contribution in [3.8, 4) is 23.4 Å². The lowest BCUT2D eigenvalue weighted by atomic mass is 9.70. The molecule has 2 aromatic carbocycles. The van der Waals surface area contributed by atoms with Crippen LogP contribution in [0.2, 0.25) is 0 Å². The van der Waals surface area contributed by atoms with Crippen molar-refractivity contribution in [2.45, 2.75) is 46.5 Å². The molecule has 1 aliphatic carbocycles. The second-order valence-electron chi connectivity index (χ2n) is 10.2. The number of hydrogen-bond acceptors (Lipinski definition) is 6. The zero-order valence-electron chi connectivity index (χ0n) is 20.8. The van der Waals surface area contributed by atoms with Crippen LogP contribution in [0, 0.1) is 30.6 Å². The molecule has 0 radical (unpaired) electrons. The van der Waals surface area contributed by atoms with Crippen LogP contribution in [0.1, 0.15) is 49.4 Å².